The lowest BCUT2D eigenvalue weighted by molar-refractivity contribution is -0.510. The number of aryl methyl sites for hydroxylation is 2. The lowest BCUT2D eigenvalue weighted by atomic mass is 10.2. The Hall–Kier alpha value is -3.24. The molecule has 0 aliphatic heterocycles. The fourth-order valence-corrected chi connectivity index (χ4v) is 2.65. The van der Waals surface area contributed by atoms with Crippen molar-refractivity contribution in [2.75, 3.05) is 0 Å². The summed E-state index contributed by atoms with van der Waals surface area (Å²) in [4.78, 5) is -0.178. The summed E-state index contributed by atoms with van der Waals surface area (Å²) in [6.45, 7) is 1.82. The molecule has 0 spiro atoms. The summed E-state index contributed by atoms with van der Waals surface area (Å²) in [6, 6.07) is 11.7. The molecule has 10 heteroatoms. The average molecular weight is 388 g/mol. The molecule has 142 valence electrons. The number of guanidine groups is 1. The van der Waals surface area contributed by atoms with Gasteiger partial charge in [0.1, 0.15) is 22.5 Å². The SMILES string of the molecule is Cc1ccc(S(=O)(=O)[O-])cc1.Cn1c(/C=N/N=C(N)N)c[n+]2ccccc12. The Morgan fingerprint density at radius 2 is 1.85 bits per heavy atom. The molecule has 0 saturated heterocycles. The lowest BCUT2D eigenvalue weighted by Gasteiger charge is -2.05. The number of hydrogen-bond acceptors (Lipinski definition) is 5. The molecular weight excluding hydrogens is 368 g/mol. The van der Waals surface area contributed by atoms with Gasteiger partial charge in [-0.1, -0.05) is 23.8 Å². The van der Waals surface area contributed by atoms with Crippen LogP contribution in [0, 0.1) is 6.92 Å². The molecule has 1 aromatic carbocycles. The number of aromatic nitrogens is 2. The highest BCUT2D eigenvalue weighted by Crippen LogP contribution is 2.08. The van der Waals surface area contributed by atoms with Crippen LogP contribution in [0.4, 0.5) is 0 Å². The van der Waals surface area contributed by atoms with Gasteiger partial charge in [-0.3, -0.25) is 0 Å². The van der Waals surface area contributed by atoms with Crippen molar-refractivity contribution < 1.29 is 17.4 Å². The highest BCUT2D eigenvalue weighted by atomic mass is 32.2. The maximum atomic E-state index is 10.4. The highest BCUT2D eigenvalue weighted by Gasteiger charge is 2.10. The third-order valence-electron chi connectivity index (χ3n) is 3.54. The number of imidazole rings is 1. The van der Waals surface area contributed by atoms with Gasteiger partial charge >= 0.3 is 0 Å². The van der Waals surface area contributed by atoms with Crippen LogP contribution in [0.25, 0.3) is 5.65 Å². The molecule has 9 nitrogen and oxygen atoms in total. The number of rotatable bonds is 3. The fourth-order valence-electron chi connectivity index (χ4n) is 2.18. The van der Waals surface area contributed by atoms with Crippen molar-refractivity contribution in [1.29, 1.82) is 0 Å². The molecule has 0 fully saturated rings. The van der Waals surface area contributed by atoms with E-state index >= 15 is 0 Å². The van der Waals surface area contributed by atoms with E-state index in [-0.39, 0.29) is 10.9 Å². The van der Waals surface area contributed by atoms with Crippen LogP contribution in [0.3, 0.4) is 0 Å². The molecule has 0 aliphatic rings. The zero-order valence-electron chi connectivity index (χ0n) is 14.9. The van der Waals surface area contributed by atoms with Gasteiger partial charge < -0.3 is 16.0 Å². The van der Waals surface area contributed by atoms with Crippen LogP contribution < -0.4 is 15.9 Å². The summed E-state index contributed by atoms with van der Waals surface area (Å²) in [5.41, 5.74) is 13.2. The molecule has 0 bridgehead atoms. The number of nitrogens with zero attached hydrogens (tertiary/aromatic N) is 4. The Kier molecular flexibility index (Phi) is 6.27. The van der Waals surface area contributed by atoms with Crippen LogP contribution in [-0.2, 0) is 17.2 Å². The first-order valence-corrected chi connectivity index (χ1v) is 9.19. The first kappa shape index (κ1) is 20.1. The maximum absolute atomic E-state index is 10.4. The standard InChI is InChI=1S/C10H13N6.C7H8O3S/c1-15-8(6-13-14-10(11)12)7-16-5-3-2-4-9(15)16;1-6-2-4-7(5-3-6)11(8,9)10/h2-7H,1H3,(H4,11,12,14);2-5H,1H3,(H,8,9,10)/q+1;/p-1/b13-6+;. The zero-order chi connectivity index (χ0) is 20.0. The molecule has 3 rings (SSSR count). The first-order chi connectivity index (χ1) is 12.7. The Morgan fingerprint density at radius 3 is 2.41 bits per heavy atom. The van der Waals surface area contributed by atoms with Crippen LogP contribution in [0.1, 0.15) is 11.3 Å². The largest absolute Gasteiger partial charge is 0.744 e. The van der Waals surface area contributed by atoms with E-state index in [0.29, 0.717) is 0 Å². The van der Waals surface area contributed by atoms with Crippen LogP contribution in [0.15, 0.2) is 70.0 Å². The Morgan fingerprint density at radius 1 is 1.19 bits per heavy atom. The number of pyridine rings is 1. The Labute approximate surface area is 157 Å². The highest BCUT2D eigenvalue weighted by molar-refractivity contribution is 7.85. The van der Waals surface area contributed by atoms with E-state index in [1.165, 1.54) is 12.1 Å². The molecule has 0 atom stereocenters. The van der Waals surface area contributed by atoms with Gasteiger partial charge in [0.2, 0.25) is 5.96 Å². The number of nitrogens with two attached hydrogens (primary N) is 2. The minimum absolute atomic E-state index is 0.0531. The van der Waals surface area contributed by atoms with Crippen LogP contribution in [-0.4, -0.2) is 29.7 Å². The monoisotopic (exact) mass is 388 g/mol. The van der Waals surface area contributed by atoms with Crippen molar-refractivity contribution >= 4 is 27.9 Å². The molecule has 0 aliphatic carbocycles. The molecule has 2 aromatic heterocycles. The van der Waals surface area contributed by atoms with Gasteiger partial charge in [-0.25, -0.2) is 17.4 Å². The molecular formula is C17H20N6O3S. The van der Waals surface area contributed by atoms with Crippen molar-refractivity contribution in [3.63, 3.8) is 0 Å². The molecule has 0 radical (unpaired) electrons. The van der Waals surface area contributed by atoms with Crippen molar-refractivity contribution in [2.24, 2.45) is 28.7 Å². The number of fused-ring (bicyclic) bond motifs is 1. The van der Waals surface area contributed by atoms with E-state index in [1.807, 2.05) is 53.5 Å². The third kappa shape index (κ3) is 5.62. The van der Waals surface area contributed by atoms with Crippen molar-refractivity contribution in [3.8, 4) is 0 Å². The van der Waals surface area contributed by atoms with Gasteiger partial charge in [0, 0.05) is 6.07 Å². The maximum Gasteiger partial charge on any atom is 0.286 e. The predicted octanol–water partition coefficient (Wildman–Crippen LogP) is 0.270. The summed E-state index contributed by atoms with van der Waals surface area (Å²) in [6.07, 6.45) is 5.51. The topological polar surface area (TPSA) is 143 Å². The van der Waals surface area contributed by atoms with E-state index in [9.17, 15) is 13.0 Å². The predicted molar refractivity (Wildman–Crippen MR) is 101 cm³/mol. The second-order valence-electron chi connectivity index (χ2n) is 5.62. The average Bonchev–Trinajstić information content (AvgIpc) is 2.91. The summed E-state index contributed by atoms with van der Waals surface area (Å²) < 4.78 is 35.2. The van der Waals surface area contributed by atoms with Gasteiger partial charge in [0.05, 0.1) is 18.1 Å². The lowest BCUT2D eigenvalue weighted by Crippen LogP contribution is -2.21. The van der Waals surface area contributed by atoms with Crippen molar-refractivity contribution in [2.45, 2.75) is 11.8 Å². The first-order valence-electron chi connectivity index (χ1n) is 7.79. The van der Waals surface area contributed by atoms with Crippen LogP contribution >= 0.6 is 0 Å². The summed E-state index contributed by atoms with van der Waals surface area (Å²) in [7, 11) is -2.32. The quantitative estimate of drug-likeness (QED) is 0.218. The summed E-state index contributed by atoms with van der Waals surface area (Å²) in [5.74, 6) is -0.0531. The van der Waals surface area contributed by atoms with Crippen LogP contribution in [0.5, 0.6) is 0 Å². The normalized spacial score (nSPS) is 11.2. The molecule has 2 heterocycles. The van der Waals surface area contributed by atoms with E-state index in [4.69, 9.17) is 11.5 Å². The summed E-state index contributed by atoms with van der Waals surface area (Å²) >= 11 is 0. The molecule has 3 aromatic rings. The van der Waals surface area contributed by atoms with E-state index in [2.05, 4.69) is 10.2 Å². The van der Waals surface area contributed by atoms with Gasteiger partial charge in [-0.05, 0) is 25.1 Å². The minimum atomic E-state index is -4.27. The second-order valence-corrected chi connectivity index (χ2v) is 7.00. The Balaban J connectivity index is 0.000000208. The van der Waals surface area contributed by atoms with Crippen molar-refractivity contribution in [3.05, 3.63) is 66.1 Å². The smallest absolute Gasteiger partial charge is 0.286 e. The molecule has 4 N–H and O–H groups in total. The minimum Gasteiger partial charge on any atom is -0.744 e. The fraction of sp³-hybridized carbons (Fsp3) is 0.118. The number of benzene rings is 1. The molecule has 27 heavy (non-hydrogen) atoms. The van der Waals surface area contributed by atoms with Gasteiger partial charge in [-0.2, -0.15) is 5.10 Å². The third-order valence-corrected chi connectivity index (χ3v) is 4.39. The van der Waals surface area contributed by atoms with E-state index in [0.717, 1.165) is 16.9 Å². The second kappa shape index (κ2) is 8.43. The van der Waals surface area contributed by atoms with Crippen LogP contribution in [0.2, 0.25) is 0 Å². The van der Waals surface area contributed by atoms with Gasteiger partial charge in [0.15, 0.2) is 5.69 Å². The zero-order valence-corrected chi connectivity index (χ0v) is 15.7. The van der Waals surface area contributed by atoms with Gasteiger partial charge in [-0.15, -0.1) is 5.10 Å². The van der Waals surface area contributed by atoms with E-state index < -0.39 is 10.1 Å². The molecule has 0 saturated carbocycles. The molecule has 0 unspecified atom stereocenters. The van der Waals surface area contributed by atoms with Gasteiger partial charge in [0.25, 0.3) is 5.65 Å². The van der Waals surface area contributed by atoms with E-state index in [1.54, 1.807) is 18.3 Å². The number of hydrogen-bond donors (Lipinski definition) is 2. The Bertz CT molecular complexity index is 1080. The summed E-state index contributed by atoms with van der Waals surface area (Å²) in [5, 5.41) is 7.33. The van der Waals surface area contributed by atoms with Crippen molar-refractivity contribution in [1.82, 2.24) is 4.57 Å². The molecule has 0 amide bonds.